The second-order valence-electron chi connectivity index (χ2n) is 7.05. The van der Waals surface area contributed by atoms with Crippen molar-refractivity contribution >= 4 is 29.3 Å². The molecule has 6 heteroatoms. The lowest BCUT2D eigenvalue weighted by molar-refractivity contribution is -0.130. The lowest BCUT2D eigenvalue weighted by Gasteiger charge is -2.34. The predicted molar refractivity (Wildman–Crippen MR) is 115 cm³/mol. The molecular formula is C22H27N3O2S. The summed E-state index contributed by atoms with van der Waals surface area (Å²) in [5.41, 5.74) is 3.23. The van der Waals surface area contributed by atoms with Crippen LogP contribution in [-0.2, 0) is 15.3 Å². The molecule has 0 unspecified atom stereocenters. The molecule has 2 aromatic rings. The fourth-order valence-corrected chi connectivity index (χ4v) is 4.01. The van der Waals surface area contributed by atoms with Gasteiger partial charge in [0.1, 0.15) is 0 Å². The molecule has 1 saturated heterocycles. The molecule has 0 saturated carbocycles. The number of hydrogen-bond donors (Lipinski definition) is 1. The molecule has 1 heterocycles. The normalized spacial score (nSPS) is 14.7. The Bertz CT molecular complexity index is 772. The van der Waals surface area contributed by atoms with E-state index in [1.54, 1.807) is 11.8 Å². The van der Waals surface area contributed by atoms with Crippen LogP contribution in [0.25, 0.3) is 0 Å². The van der Waals surface area contributed by atoms with Crippen molar-refractivity contribution in [3.63, 3.8) is 0 Å². The average Bonchev–Trinajstić information content (AvgIpc) is 2.71. The standard InChI is InChI=1S/C22H27N3O2S/c1-18-7-9-20(10-8-18)23-21(26)15-24-11-13-25(14-12-24)22(27)17-28-16-19-5-3-2-4-6-19/h2-10H,11-17H2,1H3,(H,23,26). The number of aryl methyl sites for hydroxylation is 1. The molecular weight excluding hydrogens is 370 g/mol. The summed E-state index contributed by atoms with van der Waals surface area (Å²) >= 11 is 1.65. The highest BCUT2D eigenvalue weighted by atomic mass is 32.2. The van der Waals surface area contributed by atoms with Crippen LogP contribution in [0.4, 0.5) is 5.69 Å². The molecule has 5 nitrogen and oxygen atoms in total. The zero-order chi connectivity index (χ0) is 19.8. The van der Waals surface area contributed by atoms with Crippen molar-refractivity contribution < 1.29 is 9.59 Å². The van der Waals surface area contributed by atoms with Crippen molar-refractivity contribution in [3.8, 4) is 0 Å². The number of benzene rings is 2. The number of piperazine rings is 1. The number of rotatable bonds is 7. The molecule has 3 rings (SSSR count). The third-order valence-electron chi connectivity index (χ3n) is 4.76. The third kappa shape index (κ3) is 6.39. The van der Waals surface area contributed by atoms with Gasteiger partial charge < -0.3 is 10.2 Å². The number of amides is 2. The number of nitrogens with one attached hydrogen (secondary N) is 1. The lowest BCUT2D eigenvalue weighted by atomic mass is 10.2. The van der Waals surface area contributed by atoms with Crippen LogP contribution in [0.3, 0.4) is 0 Å². The van der Waals surface area contributed by atoms with Gasteiger partial charge in [-0.1, -0.05) is 48.0 Å². The summed E-state index contributed by atoms with van der Waals surface area (Å²) < 4.78 is 0. The Morgan fingerprint density at radius 1 is 0.964 bits per heavy atom. The number of hydrogen-bond acceptors (Lipinski definition) is 4. The van der Waals surface area contributed by atoms with Crippen LogP contribution < -0.4 is 5.32 Å². The highest BCUT2D eigenvalue weighted by molar-refractivity contribution is 7.99. The zero-order valence-electron chi connectivity index (χ0n) is 16.3. The molecule has 0 aliphatic carbocycles. The summed E-state index contributed by atoms with van der Waals surface area (Å²) in [6, 6.07) is 18.0. The Morgan fingerprint density at radius 2 is 1.64 bits per heavy atom. The van der Waals surface area contributed by atoms with Gasteiger partial charge in [-0.05, 0) is 24.6 Å². The molecule has 1 aliphatic rings. The lowest BCUT2D eigenvalue weighted by Crippen LogP contribution is -2.50. The number of thioether (sulfide) groups is 1. The maximum absolute atomic E-state index is 12.4. The van der Waals surface area contributed by atoms with Crippen molar-refractivity contribution in [2.75, 3.05) is 43.8 Å². The van der Waals surface area contributed by atoms with E-state index in [0.717, 1.165) is 24.5 Å². The van der Waals surface area contributed by atoms with Crippen LogP contribution in [-0.4, -0.2) is 60.1 Å². The van der Waals surface area contributed by atoms with Crippen molar-refractivity contribution in [2.45, 2.75) is 12.7 Å². The zero-order valence-corrected chi connectivity index (χ0v) is 17.1. The van der Waals surface area contributed by atoms with Gasteiger partial charge in [0.25, 0.3) is 0 Å². The Morgan fingerprint density at radius 3 is 2.32 bits per heavy atom. The second-order valence-corrected chi connectivity index (χ2v) is 8.04. The predicted octanol–water partition coefficient (Wildman–Crippen LogP) is 3.01. The maximum atomic E-state index is 12.4. The number of carbonyl (C=O) groups excluding carboxylic acids is 2. The van der Waals surface area contributed by atoms with Gasteiger partial charge in [-0.15, -0.1) is 11.8 Å². The van der Waals surface area contributed by atoms with E-state index in [2.05, 4.69) is 22.3 Å². The van der Waals surface area contributed by atoms with Gasteiger partial charge in [0.15, 0.2) is 0 Å². The first kappa shape index (κ1) is 20.4. The van der Waals surface area contributed by atoms with Gasteiger partial charge in [0, 0.05) is 37.6 Å². The Kier molecular flexibility index (Phi) is 7.51. The quantitative estimate of drug-likeness (QED) is 0.780. The molecule has 2 aromatic carbocycles. The molecule has 0 bridgehead atoms. The van der Waals surface area contributed by atoms with E-state index in [1.165, 1.54) is 11.1 Å². The molecule has 0 aromatic heterocycles. The van der Waals surface area contributed by atoms with E-state index in [9.17, 15) is 9.59 Å². The SMILES string of the molecule is Cc1ccc(NC(=O)CN2CCN(C(=O)CSCc3ccccc3)CC2)cc1. The van der Waals surface area contributed by atoms with Crippen molar-refractivity contribution in [3.05, 3.63) is 65.7 Å². The van der Waals surface area contributed by atoms with Crippen molar-refractivity contribution in [2.24, 2.45) is 0 Å². The van der Waals surface area contributed by atoms with Crippen LogP contribution in [0.1, 0.15) is 11.1 Å². The summed E-state index contributed by atoms with van der Waals surface area (Å²) in [6.07, 6.45) is 0. The van der Waals surface area contributed by atoms with E-state index in [-0.39, 0.29) is 11.8 Å². The van der Waals surface area contributed by atoms with E-state index in [4.69, 9.17) is 0 Å². The van der Waals surface area contributed by atoms with Gasteiger partial charge in [0.2, 0.25) is 11.8 Å². The number of nitrogens with zero attached hydrogens (tertiary/aromatic N) is 2. The van der Waals surface area contributed by atoms with Gasteiger partial charge in [-0.3, -0.25) is 14.5 Å². The first-order chi connectivity index (χ1) is 13.6. The van der Waals surface area contributed by atoms with Crippen LogP contribution in [0, 0.1) is 6.92 Å². The van der Waals surface area contributed by atoms with Crippen LogP contribution in [0.2, 0.25) is 0 Å². The summed E-state index contributed by atoms with van der Waals surface area (Å²) in [5.74, 6) is 1.53. The summed E-state index contributed by atoms with van der Waals surface area (Å²) in [6.45, 7) is 5.21. The summed E-state index contributed by atoms with van der Waals surface area (Å²) in [7, 11) is 0. The van der Waals surface area contributed by atoms with Crippen LogP contribution >= 0.6 is 11.8 Å². The second kappa shape index (κ2) is 10.3. The first-order valence-electron chi connectivity index (χ1n) is 9.58. The van der Waals surface area contributed by atoms with Crippen molar-refractivity contribution in [1.29, 1.82) is 0 Å². The van der Waals surface area contributed by atoms with Gasteiger partial charge in [-0.2, -0.15) is 0 Å². The molecule has 0 atom stereocenters. The first-order valence-corrected chi connectivity index (χ1v) is 10.7. The van der Waals surface area contributed by atoms with E-state index in [0.29, 0.717) is 25.4 Å². The van der Waals surface area contributed by atoms with Gasteiger partial charge in [0.05, 0.1) is 12.3 Å². The monoisotopic (exact) mass is 397 g/mol. The van der Waals surface area contributed by atoms with E-state index in [1.807, 2.05) is 54.3 Å². The minimum absolute atomic E-state index is 0.0120. The summed E-state index contributed by atoms with van der Waals surface area (Å²) in [4.78, 5) is 28.6. The molecule has 28 heavy (non-hydrogen) atoms. The minimum Gasteiger partial charge on any atom is -0.339 e. The summed E-state index contributed by atoms with van der Waals surface area (Å²) in [5, 5.41) is 2.93. The number of carbonyl (C=O) groups is 2. The smallest absolute Gasteiger partial charge is 0.238 e. The van der Waals surface area contributed by atoms with Crippen molar-refractivity contribution in [1.82, 2.24) is 9.80 Å². The average molecular weight is 398 g/mol. The number of anilines is 1. The molecule has 0 spiro atoms. The topological polar surface area (TPSA) is 52.7 Å². The van der Waals surface area contributed by atoms with Crippen LogP contribution in [0.15, 0.2) is 54.6 Å². The minimum atomic E-state index is -0.0120. The molecule has 1 aliphatic heterocycles. The molecule has 1 N–H and O–H groups in total. The fourth-order valence-electron chi connectivity index (χ4n) is 3.12. The molecule has 2 amide bonds. The Hall–Kier alpha value is -2.31. The highest BCUT2D eigenvalue weighted by Gasteiger charge is 2.22. The van der Waals surface area contributed by atoms with E-state index >= 15 is 0 Å². The maximum Gasteiger partial charge on any atom is 0.238 e. The molecule has 0 radical (unpaired) electrons. The Balaban J connectivity index is 1.34. The highest BCUT2D eigenvalue weighted by Crippen LogP contribution is 2.14. The molecule has 1 fully saturated rings. The van der Waals surface area contributed by atoms with Gasteiger partial charge in [-0.25, -0.2) is 0 Å². The van der Waals surface area contributed by atoms with Crippen LogP contribution in [0.5, 0.6) is 0 Å². The molecule has 148 valence electrons. The third-order valence-corrected chi connectivity index (χ3v) is 5.75. The fraction of sp³-hybridized carbons (Fsp3) is 0.364. The Labute approximate surface area is 171 Å². The van der Waals surface area contributed by atoms with Gasteiger partial charge >= 0.3 is 0 Å². The largest absolute Gasteiger partial charge is 0.339 e. The van der Waals surface area contributed by atoms with E-state index < -0.39 is 0 Å².